The molecule has 4 aliphatic rings. The van der Waals surface area contributed by atoms with Crippen molar-refractivity contribution in [2.24, 2.45) is 11.1 Å². The molecular formula is C36H43N7O8S2. The lowest BCUT2D eigenvalue weighted by Crippen LogP contribution is -2.58. The monoisotopic (exact) mass is 765 g/mol. The number of benzene rings is 1. The quantitative estimate of drug-likeness (QED) is 0.257. The van der Waals surface area contributed by atoms with Crippen LogP contribution in [0.25, 0.3) is 21.6 Å². The van der Waals surface area contributed by atoms with Crippen molar-refractivity contribution in [3.05, 3.63) is 53.9 Å². The number of carbonyl (C=O) groups is 4. The van der Waals surface area contributed by atoms with E-state index in [-0.39, 0.29) is 31.4 Å². The fraction of sp³-hybridized carbons (Fsp3) is 0.500. The molecule has 1 saturated heterocycles. The highest BCUT2D eigenvalue weighted by Gasteiger charge is 2.61. The summed E-state index contributed by atoms with van der Waals surface area (Å²) in [6.45, 7) is -0.0368. The zero-order chi connectivity index (χ0) is 37.2. The highest BCUT2D eigenvalue weighted by molar-refractivity contribution is 7.87. The predicted octanol–water partition coefficient (Wildman–Crippen LogP) is 3.46. The number of nitrogens with one attached hydrogen (secondary N) is 3. The Bertz CT molecular complexity index is 2000. The van der Waals surface area contributed by atoms with E-state index in [0.29, 0.717) is 36.0 Å². The Morgan fingerprint density at radius 1 is 0.981 bits per heavy atom. The van der Waals surface area contributed by atoms with Gasteiger partial charge in [-0.15, -0.1) is 11.3 Å². The smallest absolute Gasteiger partial charge is 0.408 e. The SMILES string of the molecule is NS(=O)(=O)NC(=O)[C@@]12CC1/C=C\CCCCC[C@H](NC(=O)OC1CCCC1)C(=O)N1C[C@H](Oc3nc4ccccc4nc3-c3cccs3)C[C@H]1C(=O)N2. The summed E-state index contributed by atoms with van der Waals surface area (Å²) in [4.78, 5) is 67.1. The van der Waals surface area contributed by atoms with E-state index in [2.05, 4.69) is 10.6 Å². The molecule has 53 heavy (non-hydrogen) atoms. The zero-order valence-corrected chi connectivity index (χ0v) is 30.7. The first kappa shape index (κ1) is 36.7. The number of thiophene rings is 1. The Morgan fingerprint density at radius 3 is 2.47 bits per heavy atom. The van der Waals surface area contributed by atoms with Gasteiger partial charge in [0.1, 0.15) is 35.5 Å². The summed E-state index contributed by atoms with van der Waals surface area (Å²) in [6, 6.07) is 9.04. The first-order valence-corrected chi connectivity index (χ1v) is 20.5. The van der Waals surface area contributed by atoms with Gasteiger partial charge in [0.05, 0.1) is 22.5 Å². The van der Waals surface area contributed by atoms with Crippen molar-refractivity contribution in [3.8, 4) is 16.5 Å². The molecule has 7 rings (SSSR count). The maximum atomic E-state index is 14.5. The van der Waals surface area contributed by atoms with Gasteiger partial charge in [-0.3, -0.25) is 14.4 Å². The molecule has 2 aliphatic carbocycles. The van der Waals surface area contributed by atoms with E-state index in [0.717, 1.165) is 43.4 Å². The van der Waals surface area contributed by atoms with Crippen LogP contribution in [0.3, 0.4) is 0 Å². The van der Waals surface area contributed by atoms with Crippen molar-refractivity contribution in [2.45, 2.75) is 100 Å². The molecule has 2 aliphatic heterocycles. The predicted molar refractivity (Wildman–Crippen MR) is 196 cm³/mol. The third-order valence-electron chi connectivity index (χ3n) is 10.3. The zero-order valence-electron chi connectivity index (χ0n) is 29.1. The van der Waals surface area contributed by atoms with Gasteiger partial charge < -0.3 is 25.0 Å². The van der Waals surface area contributed by atoms with Gasteiger partial charge in [0, 0.05) is 12.3 Å². The minimum Gasteiger partial charge on any atom is -0.471 e. The van der Waals surface area contributed by atoms with Crippen molar-refractivity contribution in [1.29, 1.82) is 0 Å². The molecule has 0 bridgehead atoms. The molecule has 1 unspecified atom stereocenters. The average molecular weight is 766 g/mol. The Labute approximate surface area is 311 Å². The van der Waals surface area contributed by atoms with Gasteiger partial charge in [-0.1, -0.05) is 43.2 Å². The molecule has 1 aromatic carbocycles. The number of nitrogens with zero attached hydrogens (tertiary/aromatic N) is 3. The molecule has 2 aromatic heterocycles. The van der Waals surface area contributed by atoms with Crippen LogP contribution in [0.1, 0.15) is 70.6 Å². The van der Waals surface area contributed by atoms with Crippen LogP contribution in [0.2, 0.25) is 0 Å². The van der Waals surface area contributed by atoms with Crippen LogP contribution in [0.5, 0.6) is 5.88 Å². The second kappa shape index (κ2) is 15.4. The Morgan fingerprint density at radius 2 is 1.74 bits per heavy atom. The van der Waals surface area contributed by atoms with E-state index in [1.54, 1.807) is 6.08 Å². The Hall–Kier alpha value is -4.61. The summed E-state index contributed by atoms with van der Waals surface area (Å²) >= 11 is 1.47. The molecule has 4 heterocycles. The van der Waals surface area contributed by atoms with Gasteiger partial charge in [-0.05, 0) is 74.9 Å². The van der Waals surface area contributed by atoms with Gasteiger partial charge in [0.2, 0.25) is 17.7 Å². The fourth-order valence-corrected chi connectivity index (χ4v) is 8.66. The first-order valence-electron chi connectivity index (χ1n) is 18.1. The van der Waals surface area contributed by atoms with Crippen molar-refractivity contribution >= 4 is 56.4 Å². The number of fused-ring (bicyclic) bond motifs is 3. The van der Waals surface area contributed by atoms with Crippen LogP contribution in [0.4, 0.5) is 4.79 Å². The third kappa shape index (κ3) is 8.47. The van der Waals surface area contributed by atoms with Gasteiger partial charge in [-0.25, -0.2) is 24.6 Å². The number of nitrogens with two attached hydrogens (primary N) is 1. The lowest BCUT2D eigenvalue weighted by Gasteiger charge is -2.30. The molecule has 3 aromatic rings. The van der Waals surface area contributed by atoms with Crippen molar-refractivity contribution in [3.63, 3.8) is 0 Å². The molecule has 282 valence electrons. The van der Waals surface area contributed by atoms with Crippen LogP contribution in [0, 0.1) is 5.92 Å². The largest absolute Gasteiger partial charge is 0.471 e. The summed E-state index contributed by atoms with van der Waals surface area (Å²) in [5, 5.41) is 12.6. The highest BCUT2D eigenvalue weighted by atomic mass is 32.2. The van der Waals surface area contributed by atoms with E-state index in [4.69, 9.17) is 24.6 Å². The second-order valence-corrected chi connectivity index (χ2v) is 16.4. The lowest BCUT2D eigenvalue weighted by molar-refractivity contribution is -0.141. The van der Waals surface area contributed by atoms with Crippen LogP contribution in [0.15, 0.2) is 53.9 Å². The topological polar surface area (TPSA) is 212 Å². The maximum absolute atomic E-state index is 14.5. The van der Waals surface area contributed by atoms with Gasteiger partial charge in [0.25, 0.3) is 16.1 Å². The number of aromatic nitrogens is 2. The molecular weight excluding hydrogens is 723 g/mol. The lowest BCUT2D eigenvalue weighted by atomic mass is 10.0. The average Bonchev–Trinajstić information content (AvgIpc) is 3.61. The van der Waals surface area contributed by atoms with E-state index in [1.165, 1.54) is 16.2 Å². The third-order valence-corrected chi connectivity index (χ3v) is 11.7. The van der Waals surface area contributed by atoms with Crippen molar-refractivity contribution in [1.82, 2.24) is 30.2 Å². The second-order valence-electron chi connectivity index (χ2n) is 14.1. The van der Waals surface area contributed by atoms with E-state index in [1.807, 2.05) is 52.6 Å². The van der Waals surface area contributed by atoms with Gasteiger partial charge in [0.15, 0.2) is 0 Å². The molecule has 0 radical (unpaired) electrons. The highest BCUT2D eigenvalue weighted by Crippen LogP contribution is 2.46. The summed E-state index contributed by atoms with van der Waals surface area (Å²) in [6.07, 6.45) is 8.85. The van der Waals surface area contributed by atoms with Crippen molar-refractivity contribution < 1.29 is 37.1 Å². The number of rotatable bonds is 7. The number of hydrogen-bond donors (Lipinski definition) is 4. The molecule has 4 amide bonds. The number of para-hydroxylation sites is 2. The molecule has 2 saturated carbocycles. The van der Waals surface area contributed by atoms with Crippen LogP contribution < -0.4 is 25.2 Å². The molecule has 5 atom stereocenters. The summed E-state index contributed by atoms with van der Waals surface area (Å²) < 4.78 is 37.8. The number of hydrogen-bond acceptors (Lipinski definition) is 11. The summed E-state index contributed by atoms with van der Waals surface area (Å²) in [5.74, 6) is -2.38. The van der Waals surface area contributed by atoms with E-state index >= 15 is 0 Å². The number of allylic oxidation sites excluding steroid dienone is 1. The first-order chi connectivity index (χ1) is 25.5. The van der Waals surface area contributed by atoms with E-state index in [9.17, 15) is 27.6 Å². The van der Waals surface area contributed by atoms with Gasteiger partial charge in [-0.2, -0.15) is 8.42 Å². The van der Waals surface area contributed by atoms with Crippen LogP contribution in [-0.4, -0.2) is 83.5 Å². The number of carbonyl (C=O) groups excluding carboxylic acids is 4. The molecule has 5 N–H and O–H groups in total. The molecule has 17 heteroatoms. The molecule has 15 nitrogen and oxygen atoms in total. The number of alkyl carbamates (subject to hydrolysis) is 1. The summed E-state index contributed by atoms with van der Waals surface area (Å²) in [7, 11) is -4.43. The molecule has 3 fully saturated rings. The number of ether oxygens (including phenoxy) is 2. The Balaban J connectivity index is 1.20. The van der Waals surface area contributed by atoms with Crippen molar-refractivity contribution in [2.75, 3.05) is 6.54 Å². The summed E-state index contributed by atoms with van der Waals surface area (Å²) in [5.41, 5.74) is 0.197. The molecule has 0 spiro atoms. The minimum absolute atomic E-state index is 0.0165. The minimum atomic E-state index is -4.43. The fourth-order valence-electron chi connectivity index (χ4n) is 7.52. The van der Waals surface area contributed by atoms with Crippen LogP contribution >= 0.6 is 11.3 Å². The normalized spacial score (nSPS) is 27.5. The van der Waals surface area contributed by atoms with Crippen LogP contribution in [-0.2, 0) is 29.3 Å². The Kier molecular flexibility index (Phi) is 10.7. The number of amides is 4. The van der Waals surface area contributed by atoms with E-state index < -0.39 is 63.7 Å². The maximum Gasteiger partial charge on any atom is 0.408 e. The standard InChI is InChI=1S/C36H43N7O8S2/c37-53(48,49)42-34(46)36-20-22(36)11-4-2-1-3-5-16-27(40-35(47)51-23-12-6-7-13-23)33(45)43-21-24(19-28(43)31(44)41-36)50-32-30(29-17-10-18-52-29)38-25-14-8-9-15-26(25)39-32/h4,8-11,14-15,17-18,22-24,27-28H,1-3,5-7,12-13,16,19-21H2,(H,40,47)(H,41,44)(H,42,46)(H2,37,48,49)/b11-4-/t22?,24-,27+,28+,36-/m1/s1. The van der Waals surface area contributed by atoms with Gasteiger partial charge >= 0.3 is 6.09 Å².